The van der Waals surface area contributed by atoms with E-state index >= 15 is 0 Å². The number of likely N-dealkylation sites (tertiary alicyclic amines) is 1. The maximum atomic E-state index is 12.4. The van der Waals surface area contributed by atoms with Crippen LogP contribution in [0.25, 0.3) is 0 Å². The Morgan fingerprint density at radius 1 is 1.06 bits per heavy atom. The highest BCUT2D eigenvalue weighted by molar-refractivity contribution is 6.06. The zero-order valence-corrected chi connectivity index (χ0v) is 10.2. The second-order valence-electron chi connectivity index (χ2n) is 6.17. The molecule has 0 bridgehead atoms. The third-order valence-corrected chi connectivity index (χ3v) is 4.87. The van der Waals surface area contributed by atoms with Crippen LogP contribution in [0.15, 0.2) is 0 Å². The summed E-state index contributed by atoms with van der Waals surface area (Å²) in [6.07, 6.45) is 7.40. The average molecular weight is 236 g/mol. The lowest BCUT2D eigenvalue weighted by Gasteiger charge is -2.40. The second kappa shape index (κ2) is 3.55. The van der Waals surface area contributed by atoms with E-state index in [4.69, 9.17) is 5.73 Å². The van der Waals surface area contributed by atoms with Crippen LogP contribution in [0, 0.1) is 5.41 Å². The van der Waals surface area contributed by atoms with Crippen molar-refractivity contribution in [3.05, 3.63) is 0 Å². The number of hydrogen-bond donors (Lipinski definition) is 1. The lowest BCUT2D eigenvalue weighted by atomic mass is 9.77. The first-order valence-corrected chi connectivity index (χ1v) is 6.69. The average Bonchev–Trinajstić information content (AvgIpc) is 2.79. The van der Waals surface area contributed by atoms with Crippen molar-refractivity contribution < 1.29 is 9.59 Å². The summed E-state index contributed by atoms with van der Waals surface area (Å²) < 4.78 is 0. The molecule has 3 aliphatic rings. The van der Waals surface area contributed by atoms with Crippen molar-refractivity contribution in [3.8, 4) is 0 Å². The summed E-state index contributed by atoms with van der Waals surface area (Å²) in [4.78, 5) is 25.9. The summed E-state index contributed by atoms with van der Waals surface area (Å²) in [5.74, 6) is 0.0744. The van der Waals surface area contributed by atoms with Crippen molar-refractivity contribution in [2.45, 2.75) is 56.9 Å². The van der Waals surface area contributed by atoms with Gasteiger partial charge in [0.1, 0.15) is 0 Å². The molecule has 2 N–H and O–H groups in total. The molecule has 0 aromatic carbocycles. The fraction of sp³-hybridized carbons (Fsp3) is 0.846. The summed E-state index contributed by atoms with van der Waals surface area (Å²) in [6, 6.07) is 0. The highest BCUT2D eigenvalue weighted by Gasteiger charge is 2.54. The molecule has 3 rings (SSSR count). The van der Waals surface area contributed by atoms with E-state index in [0.29, 0.717) is 13.0 Å². The number of rotatable bonds is 2. The molecule has 2 aliphatic carbocycles. The summed E-state index contributed by atoms with van der Waals surface area (Å²) in [6.45, 7) is 0.451. The van der Waals surface area contributed by atoms with E-state index in [1.807, 2.05) is 0 Å². The zero-order chi connectivity index (χ0) is 12.1. The Labute approximate surface area is 102 Å². The molecule has 4 nitrogen and oxygen atoms in total. The number of amides is 2. The number of nitrogens with two attached hydrogens (primary N) is 1. The predicted octanol–water partition coefficient (Wildman–Crippen LogP) is 1.19. The monoisotopic (exact) mass is 236 g/mol. The molecule has 17 heavy (non-hydrogen) atoms. The second-order valence-corrected chi connectivity index (χ2v) is 6.17. The first-order chi connectivity index (χ1) is 8.05. The van der Waals surface area contributed by atoms with Gasteiger partial charge in [-0.25, -0.2) is 0 Å². The smallest absolute Gasteiger partial charge is 0.235 e. The van der Waals surface area contributed by atoms with E-state index < -0.39 is 0 Å². The third-order valence-electron chi connectivity index (χ3n) is 4.87. The van der Waals surface area contributed by atoms with Crippen LogP contribution in [0.4, 0.5) is 0 Å². The topological polar surface area (TPSA) is 63.4 Å². The molecule has 1 aliphatic heterocycles. The molecular formula is C13H20N2O2. The van der Waals surface area contributed by atoms with Crippen molar-refractivity contribution in [2.24, 2.45) is 11.1 Å². The molecule has 2 amide bonds. The van der Waals surface area contributed by atoms with Gasteiger partial charge in [-0.05, 0) is 32.1 Å². The van der Waals surface area contributed by atoms with Gasteiger partial charge in [0.05, 0.1) is 5.41 Å². The molecule has 0 radical (unpaired) electrons. The number of carbonyl (C=O) groups excluding carboxylic acids is 2. The van der Waals surface area contributed by atoms with Crippen LogP contribution in [0.1, 0.15) is 51.4 Å². The van der Waals surface area contributed by atoms with Crippen LogP contribution in [-0.2, 0) is 9.59 Å². The first kappa shape index (κ1) is 11.2. The normalized spacial score (nSPS) is 30.1. The van der Waals surface area contributed by atoms with Crippen molar-refractivity contribution in [3.63, 3.8) is 0 Å². The maximum absolute atomic E-state index is 12.4. The molecule has 0 atom stereocenters. The molecular weight excluding hydrogens is 216 g/mol. The van der Waals surface area contributed by atoms with Crippen LogP contribution in [-0.4, -0.2) is 28.8 Å². The number of imide groups is 1. The van der Waals surface area contributed by atoms with E-state index in [0.717, 1.165) is 44.9 Å². The van der Waals surface area contributed by atoms with Crippen LogP contribution in [0.3, 0.4) is 0 Å². The standard InChI is InChI=1S/C13H20N2O2/c14-13(6-3-7-13)9-15-10(16)8-12(11(15)17)4-1-2-5-12/h1-9,14H2. The minimum absolute atomic E-state index is 0.00799. The highest BCUT2D eigenvalue weighted by Crippen LogP contribution is 2.47. The van der Waals surface area contributed by atoms with E-state index in [1.54, 1.807) is 0 Å². The van der Waals surface area contributed by atoms with E-state index in [9.17, 15) is 9.59 Å². The van der Waals surface area contributed by atoms with E-state index in [1.165, 1.54) is 4.90 Å². The van der Waals surface area contributed by atoms with Crippen molar-refractivity contribution >= 4 is 11.8 Å². The highest BCUT2D eigenvalue weighted by atomic mass is 16.2. The molecule has 3 fully saturated rings. The van der Waals surface area contributed by atoms with Crippen LogP contribution in [0.5, 0.6) is 0 Å². The SMILES string of the molecule is NC1(CN2C(=O)CC3(CCCC3)C2=O)CCC1. The summed E-state index contributed by atoms with van der Waals surface area (Å²) >= 11 is 0. The van der Waals surface area contributed by atoms with Gasteiger partial charge in [-0.15, -0.1) is 0 Å². The van der Waals surface area contributed by atoms with Gasteiger partial charge >= 0.3 is 0 Å². The van der Waals surface area contributed by atoms with Gasteiger partial charge in [-0.2, -0.15) is 0 Å². The van der Waals surface area contributed by atoms with Gasteiger partial charge in [-0.1, -0.05) is 12.8 Å². The van der Waals surface area contributed by atoms with Gasteiger partial charge in [-0.3, -0.25) is 14.5 Å². The Morgan fingerprint density at radius 3 is 2.24 bits per heavy atom. The Hall–Kier alpha value is -0.900. The third kappa shape index (κ3) is 1.61. The molecule has 94 valence electrons. The molecule has 0 aromatic heterocycles. The van der Waals surface area contributed by atoms with E-state index in [-0.39, 0.29) is 22.8 Å². The number of hydrogen-bond acceptors (Lipinski definition) is 3. The summed E-state index contributed by atoms with van der Waals surface area (Å²) in [7, 11) is 0. The van der Waals surface area contributed by atoms with Crippen molar-refractivity contribution in [2.75, 3.05) is 6.54 Å². The fourth-order valence-corrected chi connectivity index (χ4v) is 3.57. The van der Waals surface area contributed by atoms with Gasteiger partial charge in [0, 0.05) is 18.5 Å². The van der Waals surface area contributed by atoms with Crippen LogP contribution in [0.2, 0.25) is 0 Å². The van der Waals surface area contributed by atoms with Crippen LogP contribution >= 0.6 is 0 Å². The molecule has 1 heterocycles. The minimum atomic E-state index is -0.336. The first-order valence-electron chi connectivity index (χ1n) is 6.69. The zero-order valence-electron chi connectivity index (χ0n) is 10.2. The fourth-order valence-electron chi connectivity index (χ4n) is 3.57. The molecule has 2 saturated carbocycles. The molecule has 1 spiro atoms. The lowest BCUT2D eigenvalue weighted by Crippen LogP contribution is -2.56. The largest absolute Gasteiger partial charge is 0.324 e. The predicted molar refractivity (Wildman–Crippen MR) is 63.0 cm³/mol. The van der Waals surface area contributed by atoms with Crippen LogP contribution < -0.4 is 5.73 Å². The van der Waals surface area contributed by atoms with Gasteiger partial charge in [0.25, 0.3) is 0 Å². The van der Waals surface area contributed by atoms with E-state index in [2.05, 4.69) is 0 Å². The minimum Gasteiger partial charge on any atom is -0.324 e. The Balaban J connectivity index is 1.77. The van der Waals surface area contributed by atoms with Gasteiger partial charge in [0.2, 0.25) is 11.8 Å². The number of carbonyl (C=O) groups is 2. The maximum Gasteiger partial charge on any atom is 0.235 e. The van der Waals surface area contributed by atoms with Crippen molar-refractivity contribution in [1.82, 2.24) is 4.90 Å². The lowest BCUT2D eigenvalue weighted by molar-refractivity contribution is -0.142. The Morgan fingerprint density at radius 2 is 1.71 bits per heavy atom. The molecule has 1 saturated heterocycles. The van der Waals surface area contributed by atoms with Gasteiger partial charge < -0.3 is 5.73 Å². The number of nitrogens with zero attached hydrogens (tertiary/aromatic N) is 1. The summed E-state index contributed by atoms with van der Waals surface area (Å²) in [5, 5.41) is 0. The molecule has 0 unspecified atom stereocenters. The quantitative estimate of drug-likeness (QED) is 0.732. The molecule has 4 heteroatoms. The Kier molecular flexibility index (Phi) is 2.34. The van der Waals surface area contributed by atoms with Crippen molar-refractivity contribution in [1.29, 1.82) is 0 Å². The summed E-state index contributed by atoms with van der Waals surface area (Å²) in [5.41, 5.74) is 5.53. The van der Waals surface area contributed by atoms with Gasteiger partial charge in [0.15, 0.2) is 0 Å². The Bertz CT molecular complexity index is 368. The molecule has 0 aromatic rings.